The van der Waals surface area contributed by atoms with Crippen LogP contribution in [0.4, 0.5) is 0 Å². The Hall–Kier alpha value is -1.81. The number of rotatable bonds is 5. The second kappa shape index (κ2) is 5.89. The number of nitrogens with one attached hydrogen (secondary N) is 1. The molecule has 0 fully saturated rings. The molecule has 1 aromatic heterocycles. The number of aryl methyl sites for hydroxylation is 1. The zero-order chi connectivity index (χ0) is 13.8. The topological polar surface area (TPSA) is 50.1 Å². The third-order valence-electron chi connectivity index (χ3n) is 3.11. The van der Waals surface area contributed by atoms with Crippen LogP contribution < -0.4 is 5.32 Å². The lowest BCUT2D eigenvalue weighted by atomic mass is 10.2. The monoisotopic (exact) mass is 259 g/mol. The maximum atomic E-state index is 9.31. The number of hydrogen-bond donors (Lipinski definition) is 2. The predicted octanol–water partition coefficient (Wildman–Crippen LogP) is 2.44. The van der Waals surface area contributed by atoms with Crippen LogP contribution >= 0.6 is 0 Å². The molecule has 4 nitrogen and oxygen atoms in total. The number of phenols is 1. The fourth-order valence-corrected chi connectivity index (χ4v) is 1.96. The van der Waals surface area contributed by atoms with Gasteiger partial charge in [0.2, 0.25) is 0 Å². The molecule has 2 rings (SSSR count). The van der Waals surface area contributed by atoms with E-state index < -0.39 is 0 Å². The highest BCUT2D eigenvalue weighted by Gasteiger charge is 2.07. The summed E-state index contributed by atoms with van der Waals surface area (Å²) in [5, 5.41) is 12.7. The first kappa shape index (κ1) is 13.6. The van der Waals surface area contributed by atoms with Gasteiger partial charge in [-0.25, -0.2) is 4.98 Å². The zero-order valence-electron chi connectivity index (χ0n) is 11.7. The van der Waals surface area contributed by atoms with Gasteiger partial charge >= 0.3 is 0 Å². The van der Waals surface area contributed by atoms with Crippen molar-refractivity contribution in [3.63, 3.8) is 0 Å². The fourth-order valence-electron chi connectivity index (χ4n) is 1.96. The van der Waals surface area contributed by atoms with E-state index in [2.05, 4.69) is 28.7 Å². The second-order valence-corrected chi connectivity index (χ2v) is 5.08. The van der Waals surface area contributed by atoms with Crippen LogP contribution in [0.5, 0.6) is 5.75 Å². The third kappa shape index (κ3) is 3.58. The molecular formula is C15H21N3O. The Balaban J connectivity index is 2.14. The molecule has 19 heavy (non-hydrogen) atoms. The van der Waals surface area contributed by atoms with Crippen LogP contribution in [-0.2, 0) is 13.1 Å². The number of benzene rings is 1. The van der Waals surface area contributed by atoms with Crippen LogP contribution in [0, 0.1) is 6.92 Å². The predicted molar refractivity (Wildman–Crippen MR) is 76.1 cm³/mol. The lowest BCUT2D eigenvalue weighted by Gasteiger charge is -2.13. The summed E-state index contributed by atoms with van der Waals surface area (Å²) < 4.78 is 2.20. The van der Waals surface area contributed by atoms with Crippen molar-refractivity contribution in [3.05, 3.63) is 47.5 Å². The highest BCUT2D eigenvalue weighted by Crippen LogP contribution is 2.13. The molecule has 102 valence electrons. The summed E-state index contributed by atoms with van der Waals surface area (Å²) in [6.07, 6.45) is 1.92. The van der Waals surface area contributed by atoms with E-state index in [0.717, 1.165) is 24.5 Å². The van der Waals surface area contributed by atoms with Crippen LogP contribution in [0.25, 0.3) is 0 Å². The number of aromatic nitrogens is 2. The van der Waals surface area contributed by atoms with Crippen molar-refractivity contribution in [1.82, 2.24) is 14.9 Å². The van der Waals surface area contributed by atoms with Gasteiger partial charge in [0.25, 0.3) is 0 Å². The van der Waals surface area contributed by atoms with Crippen LogP contribution in [0.1, 0.15) is 30.9 Å². The van der Waals surface area contributed by atoms with Crippen LogP contribution in [0.2, 0.25) is 0 Å². The van der Waals surface area contributed by atoms with Crippen LogP contribution in [-0.4, -0.2) is 20.7 Å². The van der Waals surface area contributed by atoms with E-state index in [-0.39, 0.29) is 0 Å². The van der Waals surface area contributed by atoms with Crippen LogP contribution in [0.15, 0.2) is 30.5 Å². The highest BCUT2D eigenvalue weighted by atomic mass is 16.3. The van der Waals surface area contributed by atoms with E-state index in [9.17, 15) is 5.11 Å². The lowest BCUT2D eigenvalue weighted by Crippen LogP contribution is -2.23. The first-order valence-electron chi connectivity index (χ1n) is 6.58. The summed E-state index contributed by atoms with van der Waals surface area (Å²) >= 11 is 0. The molecule has 0 saturated carbocycles. The van der Waals surface area contributed by atoms with Gasteiger partial charge in [-0.1, -0.05) is 26.0 Å². The van der Waals surface area contributed by atoms with Gasteiger partial charge < -0.3 is 15.0 Å². The largest absolute Gasteiger partial charge is 0.508 e. The summed E-state index contributed by atoms with van der Waals surface area (Å²) in [5.74, 6) is 1.31. The molecule has 0 aliphatic carbocycles. The van der Waals surface area contributed by atoms with Gasteiger partial charge in [-0.05, 0) is 24.6 Å². The van der Waals surface area contributed by atoms with Gasteiger partial charge in [-0.2, -0.15) is 0 Å². The summed E-state index contributed by atoms with van der Waals surface area (Å²) in [6.45, 7) is 7.87. The van der Waals surface area contributed by atoms with Crippen molar-refractivity contribution in [2.75, 3.05) is 0 Å². The van der Waals surface area contributed by atoms with E-state index in [4.69, 9.17) is 0 Å². The van der Waals surface area contributed by atoms with E-state index in [1.807, 2.05) is 25.3 Å². The van der Waals surface area contributed by atoms with Gasteiger partial charge in [0.1, 0.15) is 11.6 Å². The number of hydrogen-bond acceptors (Lipinski definition) is 3. The zero-order valence-corrected chi connectivity index (χ0v) is 11.7. The second-order valence-electron chi connectivity index (χ2n) is 5.08. The summed E-state index contributed by atoms with van der Waals surface area (Å²) in [5.41, 5.74) is 2.34. The summed E-state index contributed by atoms with van der Waals surface area (Å²) in [6, 6.07) is 7.77. The summed E-state index contributed by atoms with van der Waals surface area (Å²) in [4.78, 5) is 4.38. The molecule has 4 heteroatoms. The number of nitrogens with zero attached hydrogens (tertiary/aromatic N) is 2. The Bertz CT molecular complexity index is 529. The number of aromatic hydroxyl groups is 1. The maximum Gasteiger partial charge on any atom is 0.115 e. The normalized spacial score (nSPS) is 11.2. The van der Waals surface area contributed by atoms with E-state index in [1.54, 1.807) is 12.1 Å². The van der Waals surface area contributed by atoms with E-state index in [1.165, 1.54) is 5.69 Å². The fraction of sp³-hybridized carbons (Fsp3) is 0.400. The molecule has 0 unspecified atom stereocenters. The van der Waals surface area contributed by atoms with Crippen molar-refractivity contribution in [2.45, 2.75) is 39.9 Å². The minimum absolute atomic E-state index is 0.299. The standard InChI is InChI=1S/C15H21N3O/c1-11(2)16-8-14-9-17-12(3)18(14)10-13-4-6-15(19)7-5-13/h4-7,9,11,16,19H,8,10H2,1-3H3. The first-order valence-corrected chi connectivity index (χ1v) is 6.58. The minimum Gasteiger partial charge on any atom is -0.508 e. The van der Waals surface area contributed by atoms with Gasteiger partial charge in [0, 0.05) is 25.3 Å². The molecule has 0 aliphatic rings. The molecule has 2 aromatic rings. The molecule has 0 aliphatic heterocycles. The Kier molecular flexibility index (Phi) is 4.22. The van der Waals surface area contributed by atoms with Crippen molar-refractivity contribution < 1.29 is 5.11 Å². The molecule has 0 bridgehead atoms. The molecular weight excluding hydrogens is 238 g/mol. The van der Waals surface area contributed by atoms with E-state index in [0.29, 0.717) is 11.8 Å². The molecule has 1 aromatic carbocycles. The van der Waals surface area contributed by atoms with Crippen molar-refractivity contribution >= 4 is 0 Å². The SMILES string of the molecule is Cc1ncc(CNC(C)C)n1Cc1ccc(O)cc1. The number of imidazole rings is 1. The summed E-state index contributed by atoms with van der Waals surface area (Å²) in [7, 11) is 0. The van der Waals surface area contributed by atoms with E-state index >= 15 is 0 Å². The Labute approximate surface area is 114 Å². The van der Waals surface area contributed by atoms with Gasteiger partial charge in [0.15, 0.2) is 0 Å². The molecule has 0 radical (unpaired) electrons. The third-order valence-corrected chi connectivity index (χ3v) is 3.11. The van der Waals surface area contributed by atoms with Gasteiger partial charge in [-0.3, -0.25) is 0 Å². The molecule has 2 N–H and O–H groups in total. The number of phenolic OH excluding ortho intramolecular Hbond substituents is 1. The minimum atomic E-state index is 0.299. The first-order chi connectivity index (χ1) is 9.06. The van der Waals surface area contributed by atoms with Gasteiger partial charge in [-0.15, -0.1) is 0 Å². The smallest absolute Gasteiger partial charge is 0.115 e. The average Bonchev–Trinajstić information content (AvgIpc) is 2.71. The Morgan fingerprint density at radius 3 is 2.58 bits per heavy atom. The molecule has 0 saturated heterocycles. The molecule has 0 amide bonds. The molecule has 0 atom stereocenters. The maximum absolute atomic E-state index is 9.31. The molecule has 0 spiro atoms. The van der Waals surface area contributed by atoms with Crippen LogP contribution in [0.3, 0.4) is 0 Å². The van der Waals surface area contributed by atoms with Crippen molar-refractivity contribution in [3.8, 4) is 5.75 Å². The lowest BCUT2D eigenvalue weighted by molar-refractivity contribution is 0.475. The molecule has 1 heterocycles. The Morgan fingerprint density at radius 2 is 1.95 bits per heavy atom. The van der Waals surface area contributed by atoms with Gasteiger partial charge in [0.05, 0.1) is 5.69 Å². The average molecular weight is 259 g/mol. The highest BCUT2D eigenvalue weighted by molar-refractivity contribution is 5.26. The quantitative estimate of drug-likeness (QED) is 0.867. The Morgan fingerprint density at radius 1 is 1.26 bits per heavy atom. The van der Waals surface area contributed by atoms with Crippen molar-refractivity contribution in [1.29, 1.82) is 0 Å². The van der Waals surface area contributed by atoms with Crippen molar-refractivity contribution in [2.24, 2.45) is 0 Å².